The lowest BCUT2D eigenvalue weighted by molar-refractivity contribution is -0.117. The quantitative estimate of drug-likeness (QED) is 0.743. The highest BCUT2D eigenvalue weighted by Crippen LogP contribution is 2.50. The second-order valence-electron chi connectivity index (χ2n) is 5.80. The molecule has 0 aliphatic carbocycles. The first-order valence-corrected chi connectivity index (χ1v) is 8.22. The van der Waals surface area contributed by atoms with Crippen molar-refractivity contribution in [3.63, 3.8) is 0 Å². The van der Waals surface area contributed by atoms with Crippen LogP contribution < -0.4 is 10.1 Å². The predicted molar refractivity (Wildman–Crippen MR) is 82.3 cm³/mol. The standard InChI is InChI=1S/C14H15Br2NO2/c1-14(2)5-10(18)17-12-9(16)4-7-3-8(6-15)19-13(7)11(12)14/h4,8H,3,5-6H2,1-2H3,(H,17,18). The highest BCUT2D eigenvalue weighted by atomic mass is 79.9. The minimum Gasteiger partial charge on any atom is -0.489 e. The Morgan fingerprint density at radius 2 is 2.26 bits per heavy atom. The van der Waals surface area contributed by atoms with Gasteiger partial charge in [-0.05, 0) is 27.6 Å². The summed E-state index contributed by atoms with van der Waals surface area (Å²) in [5.74, 6) is 1.03. The van der Waals surface area contributed by atoms with Crippen molar-refractivity contribution >= 4 is 43.5 Å². The molecular weight excluding hydrogens is 374 g/mol. The van der Waals surface area contributed by atoms with Crippen molar-refractivity contribution in [3.05, 3.63) is 21.7 Å². The largest absolute Gasteiger partial charge is 0.489 e. The number of amides is 1. The maximum absolute atomic E-state index is 11.8. The van der Waals surface area contributed by atoms with Crippen LogP contribution in [0.4, 0.5) is 5.69 Å². The topological polar surface area (TPSA) is 38.3 Å². The second kappa shape index (κ2) is 4.48. The van der Waals surface area contributed by atoms with Gasteiger partial charge in [0.05, 0.1) is 5.69 Å². The molecule has 0 aromatic heterocycles. The minimum atomic E-state index is -0.202. The molecule has 1 aromatic carbocycles. The van der Waals surface area contributed by atoms with Crippen LogP contribution in [0.3, 0.4) is 0 Å². The normalized spacial score (nSPS) is 23.4. The molecule has 0 bridgehead atoms. The Balaban J connectivity index is 2.21. The number of nitrogens with one attached hydrogen (secondary N) is 1. The highest BCUT2D eigenvalue weighted by Gasteiger charge is 2.39. The zero-order chi connectivity index (χ0) is 13.8. The van der Waals surface area contributed by atoms with Crippen LogP contribution in [0.15, 0.2) is 10.5 Å². The van der Waals surface area contributed by atoms with E-state index in [0.717, 1.165) is 33.2 Å². The fraction of sp³-hybridized carbons (Fsp3) is 0.500. The maximum atomic E-state index is 11.8. The van der Waals surface area contributed by atoms with Gasteiger partial charge in [0.2, 0.25) is 5.91 Å². The molecule has 0 spiro atoms. The number of hydrogen-bond acceptors (Lipinski definition) is 2. The van der Waals surface area contributed by atoms with Crippen LogP contribution in [0.5, 0.6) is 5.75 Å². The van der Waals surface area contributed by atoms with Crippen molar-refractivity contribution in [1.82, 2.24) is 0 Å². The number of fused-ring (bicyclic) bond motifs is 3. The Bertz CT molecular complexity index is 569. The Kier molecular flexibility index (Phi) is 3.17. The van der Waals surface area contributed by atoms with Gasteiger partial charge < -0.3 is 10.1 Å². The average Bonchev–Trinajstić information content (AvgIpc) is 2.70. The number of benzene rings is 1. The number of alkyl halides is 1. The van der Waals surface area contributed by atoms with E-state index in [1.165, 1.54) is 5.56 Å². The molecule has 0 fully saturated rings. The minimum absolute atomic E-state index is 0.0631. The van der Waals surface area contributed by atoms with E-state index in [-0.39, 0.29) is 17.4 Å². The van der Waals surface area contributed by atoms with Crippen molar-refractivity contribution < 1.29 is 9.53 Å². The first-order chi connectivity index (χ1) is 8.92. The average molecular weight is 389 g/mol. The van der Waals surface area contributed by atoms with Crippen LogP contribution in [0.1, 0.15) is 31.4 Å². The van der Waals surface area contributed by atoms with Crippen LogP contribution in [-0.2, 0) is 16.6 Å². The second-order valence-corrected chi connectivity index (χ2v) is 7.31. The maximum Gasteiger partial charge on any atom is 0.225 e. The van der Waals surface area contributed by atoms with Crippen molar-refractivity contribution in [2.75, 3.05) is 10.6 Å². The van der Waals surface area contributed by atoms with Crippen molar-refractivity contribution in [2.24, 2.45) is 0 Å². The Labute approximate surface area is 129 Å². The van der Waals surface area contributed by atoms with Gasteiger partial charge in [0, 0.05) is 33.6 Å². The van der Waals surface area contributed by atoms with Gasteiger partial charge in [0.1, 0.15) is 11.9 Å². The molecule has 3 rings (SSSR count). The fourth-order valence-corrected chi connectivity index (χ4v) is 3.89. The molecule has 19 heavy (non-hydrogen) atoms. The first kappa shape index (κ1) is 13.4. The van der Waals surface area contributed by atoms with E-state index in [1.807, 2.05) is 0 Å². The Morgan fingerprint density at radius 3 is 2.95 bits per heavy atom. The number of anilines is 1. The van der Waals surface area contributed by atoms with E-state index < -0.39 is 0 Å². The van der Waals surface area contributed by atoms with E-state index in [4.69, 9.17) is 4.74 Å². The fourth-order valence-electron chi connectivity index (χ4n) is 2.95. The Morgan fingerprint density at radius 1 is 1.53 bits per heavy atom. The third kappa shape index (κ3) is 2.11. The first-order valence-electron chi connectivity index (χ1n) is 6.30. The van der Waals surface area contributed by atoms with Gasteiger partial charge in [0.25, 0.3) is 0 Å². The van der Waals surface area contributed by atoms with Crippen LogP contribution in [0.25, 0.3) is 0 Å². The van der Waals surface area contributed by atoms with Crippen molar-refractivity contribution in [2.45, 2.75) is 38.2 Å². The zero-order valence-corrected chi connectivity index (χ0v) is 14.0. The predicted octanol–water partition coefficient (Wildman–Crippen LogP) is 3.77. The highest BCUT2D eigenvalue weighted by molar-refractivity contribution is 9.10. The van der Waals surface area contributed by atoms with E-state index in [2.05, 4.69) is 57.1 Å². The molecule has 1 unspecified atom stereocenters. The monoisotopic (exact) mass is 387 g/mol. The molecule has 5 heteroatoms. The van der Waals surface area contributed by atoms with Crippen molar-refractivity contribution in [3.8, 4) is 5.75 Å². The van der Waals surface area contributed by atoms with Gasteiger partial charge in [-0.25, -0.2) is 0 Å². The summed E-state index contributed by atoms with van der Waals surface area (Å²) >= 11 is 7.06. The summed E-state index contributed by atoms with van der Waals surface area (Å²) in [4.78, 5) is 11.8. The number of rotatable bonds is 1. The molecule has 2 aliphatic heterocycles. The lowest BCUT2D eigenvalue weighted by atomic mass is 9.77. The molecule has 1 N–H and O–H groups in total. The molecular formula is C14H15Br2NO2. The van der Waals surface area contributed by atoms with Crippen LogP contribution in [0, 0.1) is 0 Å². The summed E-state index contributed by atoms with van der Waals surface area (Å²) < 4.78 is 7.01. The van der Waals surface area contributed by atoms with Crippen LogP contribution in [0.2, 0.25) is 0 Å². The summed E-state index contributed by atoms with van der Waals surface area (Å²) in [6, 6.07) is 2.07. The number of carbonyl (C=O) groups is 1. The smallest absolute Gasteiger partial charge is 0.225 e. The summed E-state index contributed by atoms with van der Waals surface area (Å²) in [6.07, 6.45) is 1.59. The molecule has 1 aromatic rings. The summed E-state index contributed by atoms with van der Waals surface area (Å²) in [6.45, 7) is 4.20. The van der Waals surface area contributed by atoms with E-state index in [1.54, 1.807) is 0 Å². The van der Waals surface area contributed by atoms with E-state index >= 15 is 0 Å². The van der Waals surface area contributed by atoms with E-state index in [0.29, 0.717) is 6.42 Å². The van der Waals surface area contributed by atoms with Gasteiger partial charge in [0.15, 0.2) is 0 Å². The summed E-state index contributed by atoms with van der Waals surface area (Å²) in [7, 11) is 0. The molecule has 1 atom stereocenters. The SMILES string of the molecule is CC1(C)CC(=O)Nc2c(Br)cc3c(c21)OC(CBr)C3. The number of ether oxygens (including phenoxy) is 1. The number of carbonyl (C=O) groups excluding carboxylic acids is 1. The molecule has 3 nitrogen and oxygen atoms in total. The number of hydrogen-bond donors (Lipinski definition) is 1. The van der Waals surface area contributed by atoms with Crippen LogP contribution in [-0.4, -0.2) is 17.3 Å². The van der Waals surface area contributed by atoms with Crippen LogP contribution >= 0.6 is 31.9 Å². The van der Waals surface area contributed by atoms with Gasteiger partial charge in [-0.3, -0.25) is 4.79 Å². The van der Waals surface area contributed by atoms with Gasteiger partial charge >= 0.3 is 0 Å². The third-order valence-electron chi connectivity index (χ3n) is 3.76. The van der Waals surface area contributed by atoms with Gasteiger partial charge in [-0.1, -0.05) is 29.8 Å². The third-order valence-corrected chi connectivity index (χ3v) is 5.10. The zero-order valence-electron chi connectivity index (χ0n) is 10.8. The lowest BCUT2D eigenvalue weighted by Gasteiger charge is -2.34. The molecule has 0 radical (unpaired) electrons. The Hall–Kier alpha value is -0.550. The summed E-state index contributed by atoms with van der Waals surface area (Å²) in [5, 5.41) is 3.79. The summed E-state index contributed by atoms with van der Waals surface area (Å²) in [5.41, 5.74) is 3.02. The van der Waals surface area contributed by atoms with E-state index in [9.17, 15) is 4.79 Å². The van der Waals surface area contributed by atoms with Gasteiger partial charge in [-0.15, -0.1) is 0 Å². The molecule has 2 aliphatic rings. The molecule has 0 saturated carbocycles. The molecule has 0 saturated heterocycles. The molecule has 2 heterocycles. The van der Waals surface area contributed by atoms with Gasteiger partial charge in [-0.2, -0.15) is 0 Å². The van der Waals surface area contributed by atoms with Crippen molar-refractivity contribution in [1.29, 1.82) is 0 Å². The number of halogens is 2. The molecule has 1 amide bonds. The lowest BCUT2D eigenvalue weighted by Crippen LogP contribution is -2.33. The molecule has 102 valence electrons.